The Morgan fingerprint density at radius 1 is 1.52 bits per heavy atom. The maximum absolute atomic E-state index is 11.9. The van der Waals surface area contributed by atoms with Crippen molar-refractivity contribution in [3.05, 3.63) is 30.1 Å². The number of aryl methyl sites for hydroxylation is 1. The second kappa shape index (κ2) is 5.55. The first-order valence-corrected chi connectivity index (χ1v) is 7.10. The van der Waals surface area contributed by atoms with Crippen molar-refractivity contribution in [1.29, 1.82) is 0 Å². The number of benzene rings is 1. The van der Waals surface area contributed by atoms with Crippen LogP contribution >= 0.6 is 0 Å². The molecule has 2 aromatic rings. The molecule has 0 radical (unpaired) electrons. The number of hydrogen-bond donors (Lipinski definition) is 2. The van der Waals surface area contributed by atoms with Crippen LogP contribution in [0.5, 0.6) is 0 Å². The smallest absolute Gasteiger partial charge is 0.242 e. The lowest BCUT2D eigenvalue weighted by molar-refractivity contribution is -0.125. The van der Waals surface area contributed by atoms with E-state index in [1.807, 2.05) is 29.8 Å². The van der Waals surface area contributed by atoms with Crippen molar-refractivity contribution in [3.8, 4) is 0 Å². The van der Waals surface area contributed by atoms with Crippen LogP contribution in [-0.2, 0) is 23.1 Å². The molecule has 0 saturated carbocycles. The Morgan fingerprint density at radius 3 is 3.14 bits per heavy atom. The Morgan fingerprint density at radius 2 is 2.38 bits per heavy atom. The fraction of sp³-hybridized carbons (Fsp3) is 0.400. The quantitative estimate of drug-likeness (QED) is 0.860. The average Bonchev–Trinajstić information content (AvgIpc) is 3.06. The van der Waals surface area contributed by atoms with E-state index in [-0.39, 0.29) is 17.9 Å². The van der Waals surface area contributed by atoms with E-state index >= 15 is 0 Å². The summed E-state index contributed by atoms with van der Waals surface area (Å²) in [7, 11) is 1.96. The normalized spacial score (nSPS) is 18.0. The number of nitrogens with zero attached hydrogens (tertiary/aromatic N) is 2. The Labute approximate surface area is 122 Å². The van der Waals surface area contributed by atoms with Crippen LogP contribution < -0.4 is 10.6 Å². The first-order valence-electron chi connectivity index (χ1n) is 7.10. The number of carbonyl (C=O) groups is 2. The molecule has 1 aliphatic heterocycles. The van der Waals surface area contributed by atoms with Crippen LogP contribution in [0, 0.1) is 0 Å². The molecule has 110 valence electrons. The van der Waals surface area contributed by atoms with E-state index in [9.17, 15) is 9.59 Å². The van der Waals surface area contributed by atoms with Crippen LogP contribution in [0.2, 0.25) is 0 Å². The predicted octanol–water partition coefficient (Wildman–Crippen LogP) is 0.511. The molecule has 1 fully saturated rings. The van der Waals surface area contributed by atoms with Gasteiger partial charge in [0.2, 0.25) is 11.8 Å². The van der Waals surface area contributed by atoms with Crippen molar-refractivity contribution in [2.75, 3.05) is 6.54 Å². The zero-order valence-electron chi connectivity index (χ0n) is 11.9. The number of imidazole rings is 1. The highest BCUT2D eigenvalue weighted by Crippen LogP contribution is 2.14. The third-order valence-corrected chi connectivity index (χ3v) is 3.81. The number of aromatic nitrogens is 2. The van der Waals surface area contributed by atoms with Crippen molar-refractivity contribution >= 4 is 22.8 Å². The molecular weight excluding hydrogens is 268 g/mol. The van der Waals surface area contributed by atoms with Crippen molar-refractivity contribution in [3.63, 3.8) is 0 Å². The second-order valence-electron chi connectivity index (χ2n) is 5.38. The second-order valence-corrected chi connectivity index (χ2v) is 5.38. The Hall–Kier alpha value is -2.37. The molecule has 6 heteroatoms. The number of nitrogens with one attached hydrogen (secondary N) is 2. The first kappa shape index (κ1) is 13.6. The van der Waals surface area contributed by atoms with Gasteiger partial charge in [-0.1, -0.05) is 6.07 Å². The number of fused-ring (bicyclic) bond motifs is 1. The molecule has 1 unspecified atom stereocenters. The fourth-order valence-electron chi connectivity index (χ4n) is 2.60. The van der Waals surface area contributed by atoms with Gasteiger partial charge in [0.05, 0.1) is 17.4 Å². The van der Waals surface area contributed by atoms with Crippen LogP contribution in [0.3, 0.4) is 0 Å². The molecular formula is C15H18N4O2. The molecule has 2 N–H and O–H groups in total. The third kappa shape index (κ3) is 2.89. The van der Waals surface area contributed by atoms with Gasteiger partial charge < -0.3 is 15.2 Å². The van der Waals surface area contributed by atoms with E-state index in [0.29, 0.717) is 19.4 Å². The van der Waals surface area contributed by atoms with Crippen LogP contribution in [0.15, 0.2) is 24.5 Å². The Bertz CT molecular complexity index is 692. The molecule has 1 atom stereocenters. The van der Waals surface area contributed by atoms with Gasteiger partial charge in [0, 0.05) is 20.0 Å². The van der Waals surface area contributed by atoms with Gasteiger partial charge in [-0.05, 0) is 30.5 Å². The summed E-state index contributed by atoms with van der Waals surface area (Å²) in [6, 6.07) is 5.76. The Kier molecular flexibility index (Phi) is 3.60. The molecule has 2 amide bonds. The molecule has 1 aromatic heterocycles. The summed E-state index contributed by atoms with van der Waals surface area (Å²) in [5, 5.41) is 5.53. The van der Waals surface area contributed by atoms with Gasteiger partial charge in [-0.2, -0.15) is 0 Å². The van der Waals surface area contributed by atoms with Gasteiger partial charge in [0.1, 0.15) is 6.04 Å². The lowest BCUT2D eigenvalue weighted by Crippen LogP contribution is -2.42. The molecule has 21 heavy (non-hydrogen) atoms. The lowest BCUT2D eigenvalue weighted by Gasteiger charge is -2.10. The van der Waals surface area contributed by atoms with Gasteiger partial charge in [0.25, 0.3) is 0 Å². The minimum atomic E-state index is -0.365. The first-order chi connectivity index (χ1) is 10.1. The number of carbonyl (C=O) groups excluding carboxylic acids is 2. The topological polar surface area (TPSA) is 76.0 Å². The molecule has 6 nitrogen and oxygen atoms in total. The number of rotatable bonds is 4. The van der Waals surface area contributed by atoms with Gasteiger partial charge in [0.15, 0.2) is 0 Å². The maximum Gasteiger partial charge on any atom is 0.242 e. The van der Waals surface area contributed by atoms with Crippen LogP contribution in [-0.4, -0.2) is 34.0 Å². The van der Waals surface area contributed by atoms with Gasteiger partial charge in [-0.3, -0.25) is 9.59 Å². The van der Waals surface area contributed by atoms with Gasteiger partial charge in [-0.25, -0.2) is 4.98 Å². The highest BCUT2D eigenvalue weighted by Gasteiger charge is 2.26. The zero-order chi connectivity index (χ0) is 14.8. The van der Waals surface area contributed by atoms with Crippen LogP contribution in [0.4, 0.5) is 0 Å². The minimum Gasteiger partial charge on any atom is -0.354 e. The molecule has 1 aromatic carbocycles. The summed E-state index contributed by atoms with van der Waals surface area (Å²) in [5.41, 5.74) is 3.19. The summed E-state index contributed by atoms with van der Waals surface area (Å²) in [6.45, 7) is 0.559. The lowest BCUT2D eigenvalue weighted by atomic mass is 10.1. The van der Waals surface area contributed by atoms with E-state index in [4.69, 9.17) is 0 Å². The Balaban J connectivity index is 1.54. The van der Waals surface area contributed by atoms with Crippen LogP contribution in [0.1, 0.15) is 18.4 Å². The average molecular weight is 286 g/mol. The third-order valence-electron chi connectivity index (χ3n) is 3.81. The molecule has 0 bridgehead atoms. The molecule has 2 heterocycles. The largest absolute Gasteiger partial charge is 0.354 e. The summed E-state index contributed by atoms with van der Waals surface area (Å²) >= 11 is 0. The number of amides is 2. The summed E-state index contributed by atoms with van der Waals surface area (Å²) in [5.74, 6) is -0.143. The maximum atomic E-state index is 11.9. The van der Waals surface area contributed by atoms with Crippen molar-refractivity contribution < 1.29 is 9.59 Å². The van der Waals surface area contributed by atoms with E-state index in [0.717, 1.165) is 23.0 Å². The zero-order valence-corrected chi connectivity index (χ0v) is 11.9. The van der Waals surface area contributed by atoms with Crippen molar-refractivity contribution in [2.45, 2.75) is 25.3 Å². The van der Waals surface area contributed by atoms with E-state index in [1.54, 1.807) is 6.33 Å². The molecule has 1 saturated heterocycles. The highest BCUT2D eigenvalue weighted by molar-refractivity contribution is 5.90. The summed E-state index contributed by atoms with van der Waals surface area (Å²) in [4.78, 5) is 27.3. The SMILES string of the molecule is Cn1cnc2cc(CCNC(=O)C3CCC(=O)N3)ccc21. The highest BCUT2D eigenvalue weighted by atomic mass is 16.2. The van der Waals surface area contributed by atoms with Crippen LogP contribution in [0.25, 0.3) is 11.0 Å². The van der Waals surface area contributed by atoms with Gasteiger partial charge in [-0.15, -0.1) is 0 Å². The molecule has 0 spiro atoms. The predicted molar refractivity (Wildman–Crippen MR) is 78.6 cm³/mol. The number of hydrogen-bond acceptors (Lipinski definition) is 3. The van der Waals surface area contributed by atoms with E-state index in [1.165, 1.54) is 0 Å². The van der Waals surface area contributed by atoms with E-state index < -0.39 is 0 Å². The molecule has 1 aliphatic rings. The van der Waals surface area contributed by atoms with Gasteiger partial charge >= 0.3 is 0 Å². The molecule has 3 rings (SSSR count). The summed E-state index contributed by atoms with van der Waals surface area (Å²) in [6.07, 6.45) is 3.57. The summed E-state index contributed by atoms with van der Waals surface area (Å²) < 4.78 is 1.98. The minimum absolute atomic E-state index is 0.0456. The monoisotopic (exact) mass is 286 g/mol. The standard InChI is InChI=1S/C15H18N4O2/c1-19-9-17-12-8-10(2-4-13(12)19)6-7-16-15(21)11-3-5-14(20)18-11/h2,4,8-9,11H,3,5-7H2,1H3,(H,16,21)(H,18,20). The van der Waals surface area contributed by atoms with Crippen molar-refractivity contribution in [2.24, 2.45) is 7.05 Å². The fourth-order valence-corrected chi connectivity index (χ4v) is 2.60. The van der Waals surface area contributed by atoms with E-state index in [2.05, 4.69) is 15.6 Å². The van der Waals surface area contributed by atoms with Crippen molar-refractivity contribution in [1.82, 2.24) is 20.2 Å². The molecule has 0 aliphatic carbocycles.